The van der Waals surface area contributed by atoms with E-state index in [9.17, 15) is 19.5 Å². The maximum Gasteiger partial charge on any atom is 0.322 e. The van der Waals surface area contributed by atoms with Crippen molar-refractivity contribution in [2.45, 2.75) is 46.1 Å². The summed E-state index contributed by atoms with van der Waals surface area (Å²) < 4.78 is 1.58. The molecule has 0 saturated heterocycles. The topological polar surface area (TPSA) is 119 Å². The molecule has 0 fully saturated rings. The lowest BCUT2D eigenvalue weighted by Crippen LogP contribution is -2.51. The lowest BCUT2D eigenvalue weighted by Gasteiger charge is -2.34. The quantitative estimate of drug-likeness (QED) is 0.429. The van der Waals surface area contributed by atoms with Crippen LogP contribution in [-0.4, -0.2) is 44.9 Å². The maximum atomic E-state index is 12.9. The molecule has 9 heteroatoms. The van der Waals surface area contributed by atoms with Crippen molar-refractivity contribution in [1.29, 1.82) is 0 Å². The van der Waals surface area contributed by atoms with E-state index >= 15 is 0 Å². The van der Waals surface area contributed by atoms with Crippen LogP contribution < -0.4 is 10.7 Å². The number of carbonyl (C=O) groups is 3. The number of nitrogens with one attached hydrogen (secondary N) is 2. The summed E-state index contributed by atoms with van der Waals surface area (Å²) in [6.07, 6.45) is 2.60. The molecule has 8 nitrogen and oxygen atoms in total. The fourth-order valence-corrected chi connectivity index (χ4v) is 4.90. The zero-order valence-corrected chi connectivity index (χ0v) is 15.8. The van der Waals surface area contributed by atoms with Gasteiger partial charge in [0.2, 0.25) is 5.88 Å². The first-order valence-corrected chi connectivity index (χ1v) is 9.30. The Morgan fingerprint density at radius 2 is 2.08 bits per heavy atom. The van der Waals surface area contributed by atoms with E-state index in [2.05, 4.69) is 31.5 Å². The molecule has 4 N–H and O–H groups in total. The molecule has 142 valence electrons. The highest BCUT2D eigenvalue weighted by molar-refractivity contribution is 8.01. The normalized spacial score (nSPS) is 26.3. The number of amides is 1. The summed E-state index contributed by atoms with van der Waals surface area (Å²) in [4.78, 5) is 36.8. The maximum absolute atomic E-state index is 12.9. The molecule has 0 aromatic rings. The summed E-state index contributed by atoms with van der Waals surface area (Å²) in [6, 6.07) is -0.641. The number of Topliss-reactive ketones (excluding diaryl/α,β-unsaturated/α-hetero) is 1. The van der Waals surface area contributed by atoms with Crippen molar-refractivity contribution in [3.8, 4) is 0 Å². The van der Waals surface area contributed by atoms with Gasteiger partial charge >= 0.3 is 5.97 Å². The highest BCUT2D eigenvalue weighted by Gasteiger charge is 2.48. The van der Waals surface area contributed by atoms with Gasteiger partial charge in [0.15, 0.2) is 5.78 Å². The number of allylic oxidation sites excluding steroid dienone is 1. The SMILES string of the molecule is CC(C)(C)C1CCC2=C(C1)SN1NC(O)=C(C(=O)NCC(=O)O)C(=O)C21. The number of aliphatic carboxylic acids is 1. The van der Waals surface area contributed by atoms with Gasteiger partial charge in [-0.15, -0.1) is 4.41 Å². The zero-order valence-electron chi connectivity index (χ0n) is 15.0. The first-order valence-electron chi connectivity index (χ1n) is 8.52. The molecule has 3 rings (SSSR count). The fraction of sp³-hybridized carbons (Fsp3) is 0.588. The second-order valence-corrected chi connectivity index (χ2v) is 8.92. The molecule has 0 aromatic heterocycles. The molecule has 3 aliphatic rings. The van der Waals surface area contributed by atoms with Crippen LogP contribution in [0, 0.1) is 11.3 Å². The van der Waals surface area contributed by atoms with Crippen molar-refractivity contribution < 1.29 is 24.6 Å². The average Bonchev–Trinajstić information content (AvgIpc) is 2.89. The molecule has 0 aromatic carbocycles. The van der Waals surface area contributed by atoms with Crippen LogP contribution in [0.15, 0.2) is 21.9 Å². The second-order valence-electron chi connectivity index (χ2n) is 7.85. The Bertz CT molecular complexity index is 737. The van der Waals surface area contributed by atoms with Gasteiger partial charge < -0.3 is 15.5 Å². The predicted molar refractivity (Wildman–Crippen MR) is 95.5 cm³/mol. The molecule has 2 unspecified atom stereocenters. The van der Waals surface area contributed by atoms with Gasteiger partial charge in [0.1, 0.15) is 18.2 Å². The summed E-state index contributed by atoms with van der Waals surface area (Å²) >= 11 is 1.40. The highest BCUT2D eigenvalue weighted by atomic mass is 32.2. The van der Waals surface area contributed by atoms with Crippen molar-refractivity contribution in [3.63, 3.8) is 0 Å². The van der Waals surface area contributed by atoms with Gasteiger partial charge in [0.25, 0.3) is 5.91 Å². The number of aliphatic hydroxyl groups is 1. The largest absolute Gasteiger partial charge is 0.493 e. The van der Waals surface area contributed by atoms with E-state index in [0.717, 1.165) is 29.7 Å². The molecule has 0 saturated carbocycles. The predicted octanol–water partition coefficient (Wildman–Crippen LogP) is 1.48. The molecule has 0 spiro atoms. The number of hydrogen-bond donors (Lipinski definition) is 4. The third kappa shape index (κ3) is 3.33. The van der Waals surface area contributed by atoms with Crippen LogP contribution in [0.5, 0.6) is 0 Å². The molecule has 0 radical (unpaired) electrons. The zero-order chi connectivity index (χ0) is 19.2. The summed E-state index contributed by atoms with van der Waals surface area (Å²) in [7, 11) is 0. The Kier molecular flexibility index (Phi) is 4.78. The third-order valence-electron chi connectivity index (χ3n) is 5.12. The minimum atomic E-state index is -1.22. The van der Waals surface area contributed by atoms with Crippen LogP contribution >= 0.6 is 11.9 Å². The molecular weight excluding hydrogens is 358 g/mol. The standard InChI is InChI=1S/C17H23N3O5S/c1-17(2,3)8-4-5-9-10(6-8)26-20-13(9)14(23)12(16(25)19-20)15(24)18-7-11(21)22/h8,13,19,25H,4-7H2,1-3H3,(H,18,24)(H,21,22). The smallest absolute Gasteiger partial charge is 0.322 e. The monoisotopic (exact) mass is 381 g/mol. The average molecular weight is 381 g/mol. The molecule has 1 amide bonds. The summed E-state index contributed by atoms with van der Waals surface area (Å²) in [5, 5.41) is 20.9. The number of carbonyl (C=O) groups excluding carboxylic acids is 2. The van der Waals surface area contributed by atoms with E-state index < -0.39 is 41.7 Å². The number of aliphatic hydroxyl groups excluding tert-OH is 1. The molecule has 2 aliphatic heterocycles. The number of nitrogens with zero attached hydrogens (tertiary/aromatic N) is 1. The Labute approximate surface area is 155 Å². The number of fused-ring (bicyclic) bond motifs is 2. The van der Waals surface area contributed by atoms with Crippen molar-refractivity contribution in [3.05, 3.63) is 21.9 Å². The van der Waals surface area contributed by atoms with E-state index in [1.807, 2.05) is 0 Å². The van der Waals surface area contributed by atoms with E-state index in [0.29, 0.717) is 5.92 Å². The highest BCUT2D eigenvalue weighted by Crippen LogP contribution is 2.51. The molecule has 0 bridgehead atoms. The van der Waals surface area contributed by atoms with Crippen molar-refractivity contribution in [1.82, 2.24) is 15.2 Å². The molecule has 26 heavy (non-hydrogen) atoms. The number of hydrogen-bond acceptors (Lipinski definition) is 7. The van der Waals surface area contributed by atoms with Gasteiger partial charge in [-0.25, -0.2) is 0 Å². The van der Waals surface area contributed by atoms with E-state index in [-0.39, 0.29) is 5.41 Å². The van der Waals surface area contributed by atoms with Crippen molar-refractivity contribution in [2.75, 3.05) is 6.54 Å². The Hall–Kier alpha value is -2.00. The Morgan fingerprint density at radius 1 is 1.38 bits per heavy atom. The van der Waals surface area contributed by atoms with Gasteiger partial charge in [-0.3, -0.25) is 19.8 Å². The molecule has 1 aliphatic carbocycles. The van der Waals surface area contributed by atoms with Gasteiger partial charge in [-0.2, -0.15) is 0 Å². The van der Waals surface area contributed by atoms with E-state index in [1.165, 1.54) is 11.9 Å². The van der Waals surface area contributed by atoms with Crippen LogP contribution in [0.25, 0.3) is 0 Å². The number of rotatable bonds is 3. The fourth-order valence-electron chi connectivity index (χ4n) is 3.59. The second kappa shape index (κ2) is 6.62. The first-order chi connectivity index (χ1) is 12.1. The van der Waals surface area contributed by atoms with Gasteiger partial charge in [0, 0.05) is 4.91 Å². The summed E-state index contributed by atoms with van der Waals surface area (Å²) in [6.45, 7) is 6.00. The van der Waals surface area contributed by atoms with Gasteiger partial charge in [-0.1, -0.05) is 20.8 Å². The van der Waals surface area contributed by atoms with Crippen LogP contribution in [0.4, 0.5) is 0 Å². The van der Waals surface area contributed by atoms with Crippen molar-refractivity contribution in [2.24, 2.45) is 11.3 Å². The lowest BCUT2D eigenvalue weighted by molar-refractivity contribution is -0.138. The number of carboxylic acid groups (broad SMARTS) is 1. The van der Waals surface area contributed by atoms with Gasteiger partial charge in [0.05, 0.1) is 0 Å². The summed E-state index contributed by atoms with van der Waals surface area (Å²) in [5.74, 6) is -2.66. The molecule has 2 atom stereocenters. The minimum Gasteiger partial charge on any atom is -0.493 e. The van der Waals surface area contributed by atoms with E-state index in [1.54, 1.807) is 4.41 Å². The van der Waals surface area contributed by atoms with Crippen LogP contribution in [-0.2, 0) is 14.4 Å². The van der Waals surface area contributed by atoms with Crippen LogP contribution in [0.2, 0.25) is 0 Å². The van der Waals surface area contributed by atoms with Crippen LogP contribution in [0.1, 0.15) is 40.0 Å². The lowest BCUT2D eigenvalue weighted by atomic mass is 9.72. The minimum absolute atomic E-state index is 0.169. The summed E-state index contributed by atoms with van der Waals surface area (Å²) in [5.41, 5.74) is 3.44. The number of ketones is 1. The Morgan fingerprint density at radius 3 is 2.69 bits per heavy atom. The van der Waals surface area contributed by atoms with E-state index in [4.69, 9.17) is 5.11 Å². The van der Waals surface area contributed by atoms with Crippen molar-refractivity contribution >= 4 is 29.6 Å². The first kappa shape index (κ1) is 18.8. The molecule has 2 heterocycles. The molecular formula is C17H23N3O5S. The number of carboxylic acids is 1. The Balaban J connectivity index is 1.82. The number of hydrazine groups is 1. The van der Waals surface area contributed by atoms with Gasteiger partial charge in [-0.05, 0) is 48.1 Å². The third-order valence-corrected chi connectivity index (χ3v) is 6.27. The van der Waals surface area contributed by atoms with Crippen LogP contribution in [0.3, 0.4) is 0 Å².